The van der Waals surface area contributed by atoms with E-state index in [1.807, 2.05) is 68.4 Å². The molecule has 5 rings (SSSR count). The molecule has 2 aliphatic rings. The summed E-state index contributed by atoms with van der Waals surface area (Å²) in [6, 6.07) is 22.5. The minimum Gasteiger partial charge on any atom is -0.451 e. The maximum Gasteiger partial charge on any atom is 0.314 e. The Kier molecular flexibility index (Phi) is 9.67. The maximum absolute atomic E-state index is 13.4. The molecule has 3 N–H and O–H groups in total. The summed E-state index contributed by atoms with van der Waals surface area (Å²) in [5, 5.41) is 11.2. The van der Waals surface area contributed by atoms with E-state index in [4.69, 9.17) is 4.74 Å². The number of cyclic esters (lactones) is 1. The molecule has 1 aliphatic heterocycles. The van der Waals surface area contributed by atoms with E-state index in [0.29, 0.717) is 5.56 Å². The maximum atomic E-state index is 13.4. The Bertz CT molecular complexity index is 1510. The molecular weight excluding hydrogens is 554 g/mol. The number of fused-ring (bicyclic) bond motifs is 1. The van der Waals surface area contributed by atoms with Gasteiger partial charge in [-0.05, 0) is 72.4 Å². The van der Waals surface area contributed by atoms with Crippen molar-refractivity contribution in [2.24, 2.45) is 23.7 Å². The normalized spacial score (nSPS) is 23.3. The van der Waals surface area contributed by atoms with Crippen LogP contribution in [0.4, 0.5) is 0 Å². The molecule has 8 atom stereocenters. The first-order valence-corrected chi connectivity index (χ1v) is 15.8. The van der Waals surface area contributed by atoms with Crippen LogP contribution in [0.5, 0.6) is 0 Å². The fraction of sp³-hybridized carbons (Fsp3) is 0.444. The summed E-state index contributed by atoms with van der Waals surface area (Å²) in [5.74, 6) is -1.13. The standard InChI is InChI=1S/C36H43N3O5/c1-5-21(2)31-32(44-36(31)43)35(42)39-30-20-28(30)22(3)29(18-15-24-11-7-6-8-12-24)38-33(40)23(4)37-34(41)27-17-16-25-13-9-10-14-26(25)19-27/h6-14,16-17,19,21-23,28-32H,5,15,18,20H2,1-4H3,(H,37,41)(H,38,40)(H,39,42)/t21-,22+,23-,28-,29+,30-,31-,32+/m0/s1. The molecule has 0 radical (unpaired) electrons. The fourth-order valence-electron chi connectivity index (χ4n) is 6.27. The van der Waals surface area contributed by atoms with Gasteiger partial charge in [0, 0.05) is 17.6 Å². The third kappa shape index (κ3) is 7.12. The highest BCUT2D eigenvalue weighted by Crippen LogP contribution is 2.41. The van der Waals surface area contributed by atoms with Crippen molar-refractivity contribution < 1.29 is 23.9 Å². The number of rotatable bonds is 13. The second-order valence-corrected chi connectivity index (χ2v) is 12.5. The lowest BCUT2D eigenvalue weighted by atomic mass is 9.83. The number of amides is 3. The van der Waals surface area contributed by atoms with Gasteiger partial charge >= 0.3 is 5.97 Å². The summed E-state index contributed by atoms with van der Waals surface area (Å²) < 4.78 is 5.22. The lowest BCUT2D eigenvalue weighted by Gasteiger charge is -2.37. The Balaban J connectivity index is 1.20. The number of carbonyl (C=O) groups excluding carboxylic acids is 4. The Labute approximate surface area is 259 Å². The lowest BCUT2D eigenvalue weighted by Crippen LogP contribution is -2.56. The summed E-state index contributed by atoms with van der Waals surface area (Å²) in [6.07, 6.45) is 2.38. The van der Waals surface area contributed by atoms with Gasteiger partial charge in [0.15, 0.2) is 6.10 Å². The SMILES string of the molecule is CC[C@H](C)[C@@H]1C(=O)O[C@H]1C(=O)N[C@H]1C[C@H]1[C@@H](C)[C@@H](CCc1ccccc1)NC(=O)[C@H](C)NC(=O)c1ccc2ccccc2c1. The summed E-state index contributed by atoms with van der Waals surface area (Å²) in [5.41, 5.74) is 1.68. The largest absolute Gasteiger partial charge is 0.451 e. The number of ether oxygens (including phenoxy) is 1. The molecule has 0 unspecified atom stereocenters. The highest BCUT2D eigenvalue weighted by Gasteiger charge is 2.52. The van der Waals surface area contributed by atoms with E-state index in [-0.39, 0.29) is 59.4 Å². The summed E-state index contributed by atoms with van der Waals surface area (Å²) in [4.78, 5) is 51.4. The van der Waals surface area contributed by atoms with Crippen molar-refractivity contribution in [3.05, 3.63) is 83.9 Å². The Hall–Kier alpha value is -4.20. The number of esters is 1. The van der Waals surface area contributed by atoms with Crippen LogP contribution in [0, 0.1) is 23.7 Å². The van der Waals surface area contributed by atoms with Crippen molar-refractivity contribution in [2.45, 2.75) is 77.6 Å². The molecule has 1 heterocycles. The van der Waals surface area contributed by atoms with Crippen LogP contribution >= 0.6 is 0 Å². The summed E-state index contributed by atoms with van der Waals surface area (Å²) in [7, 11) is 0. The fourth-order valence-corrected chi connectivity index (χ4v) is 6.27. The molecule has 232 valence electrons. The van der Waals surface area contributed by atoms with E-state index in [1.165, 1.54) is 5.56 Å². The van der Waals surface area contributed by atoms with Crippen molar-refractivity contribution in [2.75, 3.05) is 0 Å². The molecule has 0 spiro atoms. The van der Waals surface area contributed by atoms with E-state index in [2.05, 4.69) is 35.0 Å². The van der Waals surface area contributed by atoms with Crippen LogP contribution < -0.4 is 16.0 Å². The lowest BCUT2D eigenvalue weighted by molar-refractivity contribution is -0.193. The molecule has 44 heavy (non-hydrogen) atoms. The van der Waals surface area contributed by atoms with Gasteiger partial charge in [0.1, 0.15) is 12.0 Å². The van der Waals surface area contributed by atoms with E-state index in [0.717, 1.165) is 36.5 Å². The molecule has 0 bridgehead atoms. The number of hydrogen-bond donors (Lipinski definition) is 3. The van der Waals surface area contributed by atoms with Crippen molar-refractivity contribution in [1.82, 2.24) is 16.0 Å². The molecule has 8 nitrogen and oxygen atoms in total. The monoisotopic (exact) mass is 597 g/mol. The van der Waals surface area contributed by atoms with Crippen LogP contribution in [0.2, 0.25) is 0 Å². The molecule has 0 aromatic heterocycles. The number of hydrogen-bond acceptors (Lipinski definition) is 5. The average Bonchev–Trinajstić information content (AvgIpc) is 3.80. The van der Waals surface area contributed by atoms with Crippen LogP contribution in [-0.4, -0.2) is 47.9 Å². The van der Waals surface area contributed by atoms with Gasteiger partial charge in [-0.3, -0.25) is 19.2 Å². The van der Waals surface area contributed by atoms with Crippen molar-refractivity contribution in [3.63, 3.8) is 0 Å². The van der Waals surface area contributed by atoms with Gasteiger partial charge in [-0.15, -0.1) is 0 Å². The second-order valence-electron chi connectivity index (χ2n) is 12.5. The van der Waals surface area contributed by atoms with Gasteiger partial charge in [-0.2, -0.15) is 0 Å². The molecule has 8 heteroatoms. The zero-order chi connectivity index (χ0) is 31.4. The number of carbonyl (C=O) groups is 4. The van der Waals surface area contributed by atoms with Gasteiger partial charge < -0.3 is 20.7 Å². The molecule has 1 aliphatic carbocycles. The van der Waals surface area contributed by atoms with Crippen LogP contribution in [0.25, 0.3) is 10.8 Å². The van der Waals surface area contributed by atoms with Gasteiger partial charge in [-0.25, -0.2) is 0 Å². The zero-order valence-corrected chi connectivity index (χ0v) is 25.9. The first kappa shape index (κ1) is 31.2. The van der Waals surface area contributed by atoms with Crippen molar-refractivity contribution in [3.8, 4) is 0 Å². The summed E-state index contributed by atoms with van der Waals surface area (Å²) >= 11 is 0. The van der Waals surface area contributed by atoms with Crippen LogP contribution in [0.3, 0.4) is 0 Å². The molecular formula is C36H43N3O5. The second kappa shape index (κ2) is 13.6. The summed E-state index contributed by atoms with van der Waals surface area (Å²) in [6.45, 7) is 7.78. The highest BCUT2D eigenvalue weighted by molar-refractivity contribution is 6.00. The van der Waals surface area contributed by atoms with E-state index in [1.54, 1.807) is 13.0 Å². The van der Waals surface area contributed by atoms with E-state index < -0.39 is 12.1 Å². The first-order chi connectivity index (χ1) is 21.2. The Morgan fingerprint density at radius 3 is 2.32 bits per heavy atom. The van der Waals surface area contributed by atoms with Gasteiger partial charge in [0.25, 0.3) is 11.8 Å². The molecule has 3 amide bonds. The van der Waals surface area contributed by atoms with Crippen LogP contribution in [0.1, 0.15) is 62.9 Å². The van der Waals surface area contributed by atoms with Crippen molar-refractivity contribution in [1.29, 1.82) is 0 Å². The Morgan fingerprint density at radius 2 is 1.61 bits per heavy atom. The zero-order valence-electron chi connectivity index (χ0n) is 25.9. The molecule has 1 saturated carbocycles. The molecule has 1 saturated heterocycles. The Morgan fingerprint density at radius 1 is 0.909 bits per heavy atom. The molecule has 3 aromatic rings. The third-order valence-corrected chi connectivity index (χ3v) is 9.50. The number of benzene rings is 3. The third-order valence-electron chi connectivity index (χ3n) is 9.50. The van der Waals surface area contributed by atoms with Gasteiger partial charge in [0.2, 0.25) is 5.91 Å². The molecule has 3 aromatic carbocycles. The average molecular weight is 598 g/mol. The smallest absolute Gasteiger partial charge is 0.314 e. The van der Waals surface area contributed by atoms with E-state index in [9.17, 15) is 19.2 Å². The quantitative estimate of drug-likeness (QED) is 0.245. The van der Waals surface area contributed by atoms with E-state index >= 15 is 0 Å². The van der Waals surface area contributed by atoms with Crippen molar-refractivity contribution >= 4 is 34.5 Å². The minimum absolute atomic E-state index is 0.0319. The number of nitrogens with one attached hydrogen (secondary N) is 3. The predicted octanol–water partition coefficient (Wildman–Crippen LogP) is 4.80. The number of aryl methyl sites for hydroxylation is 1. The van der Waals surface area contributed by atoms with Gasteiger partial charge in [0.05, 0.1) is 0 Å². The highest BCUT2D eigenvalue weighted by atomic mass is 16.6. The topological polar surface area (TPSA) is 114 Å². The predicted molar refractivity (Wildman–Crippen MR) is 170 cm³/mol. The first-order valence-electron chi connectivity index (χ1n) is 15.8. The van der Waals surface area contributed by atoms with Crippen LogP contribution in [-0.2, 0) is 25.5 Å². The minimum atomic E-state index is -0.735. The van der Waals surface area contributed by atoms with Gasteiger partial charge in [-0.1, -0.05) is 87.9 Å². The van der Waals surface area contributed by atoms with Crippen LogP contribution in [0.15, 0.2) is 72.8 Å². The molecule has 2 fully saturated rings.